The number of halogens is 1. The maximum Gasteiger partial charge on any atom is 0.263 e. The Kier molecular flexibility index (Phi) is 5.08. The molecular weight excluding hydrogens is 354 g/mol. The van der Waals surface area contributed by atoms with Gasteiger partial charge in [-0.15, -0.1) is 0 Å². The number of hydrogen-bond acceptors (Lipinski definition) is 3. The Morgan fingerprint density at radius 1 is 1.33 bits per heavy atom. The van der Waals surface area contributed by atoms with Gasteiger partial charge in [-0.25, -0.2) is 8.42 Å². The molecule has 5 nitrogen and oxygen atoms in total. The van der Waals surface area contributed by atoms with E-state index in [4.69, 9.17) is 0 Å². The number of H-pyrrole nitrogens is 1. The largest absolute Gasteiger partial charge is 0.363 e. The Balaban J connectivity index is 2.22. The first-order valence-electron chi connectivity index (χ1n) is 6.60. The number of rotatable bonds is 6. The molecule has 0 radical (unpaired) electrons. The first-order chi connectivity index (χ1) is 9.94. The molecule has 114 valence electrons. The standard InChI is InChI=1S/C14H18BrN3O2S/c1-3-16-8-11-7-12(9-17-11)21(19,20)18-13-6-4-5-10(2)14(13)15/h4-7,9,16-18H,3,8H2,1-2H3. The molecule has 0 saturated carbocycles. The quantitative estimate of drug-likeness (QED) is 0.730. The van der Waals surface area contributed by atoms with Gasteiger partial charge in [-0.2, -0.15) is 0 Å². The van der Waals surface area contributed by atoms with E-state index < -0.39 is 10.0 Å². The normalized spacial score (nSPS) is 11.6. The minimum Gasteiger partial charge on any atom is -0.363 e. The third-order valence-electron chi connectivity index (χ3n) is 3.03. The third-order valence-corrected chi connectivity index (χ3v) is 5.43. The molecule has 0 unspecified atom stereocenters. The molecule has 2 aromatic rings. The SMILES string of the molecule is CCNCc1cc(S(=O)(=O)Nc2cccc(C)c2Br)c[nH]1. The highest BCUT2D eigenvalue weighted by molar-refractivity contribution is 9.10. The number of anilines is 1. The second kappa shape index (κ2) is 6.64. The number of aromatic nitrogens is 1. The molecule has 0 aliphatic rings. The van der Waals surface area contributed by atoms with E-state index in [2.05, 4.69) is 31.0 Å². The molecule has 2 rings (SSSR count). The van der Waals surface area contributed by atoms with E-state index in [-0.39, 0.29) is 4.90 Å². The smallest absolute Gasteiger partial charge is 0.263 e. The summed E-state index contributed by atoms with van der Waals surface area (Å²) in [5.74, 6) is 0. The fraction of sp³-hybridized carbons (Fsp3) is 0.286. The molecule has 0 atom stereocenters. The summed E-state index contributed by atoms with van der Waals surface area (Å²) in [7, 11) is -3.60. The lowest BCUT2D eigenvalue weighted by atomic mass is 10.2. The van der Waals surface area contributed by atoms with Crippen molar-refractivity contribution >= 4 is 31.6 Å². The van der Waals surface area contributed by atoms with Crippen LogP contribution in [-0.2, 0) is 16.6 Å². The zero-order chi connectivity index (χ0) is 15.5. The van der Waals surface area contributed by atoms with Gasteiger partial charge in [0.2, 0.25) is 0 Å². The Bertz CT molecular complexity index is 726. The number of sulfonamides is 1. The van der Waals surface area contributed by atoms with Gasteiger partial charge in [0, 0.05) is 22.9 Å². The molecule has 0 saturated heterocycles. The molecule has 3 N–H and O–H groups in total. The van der Waals surface area contributed by atoms with Crippen LogP contribution in [0.4, 0.5) is 5.69 Å². The lowest BCUT2D eigenvalue weighted by molar-refractivity contribution is 0.601. The zero-order valence-corrected chi connectivity index (χ0v) is 14.3. The van der Waals surface area contributed by atoms with Gasteiger partial charge in [0.1, 0.15) is 4.90 Å². The van der Waals surface area contributed by atoms with Crippen molar-refractivity contribution in [2.45, 2.75) is 25.3 Å². The Hall–Kier alpha value is -1.31. The summed E-state index contributed by atoms with van der Waals surface area (Å²) in [4.78, 5) is 3.19. The number of nitrogens with one attached hydrogen (secondary N) is 3. The minimum atomic E-state index is -3.60. The average molecular weight is 372 g/mol. The number of benzene rings is 1. The summed E-state index contributed by atoms with van der Waals surface area (Å²) < 4.78 is 28.1. The van der Waals surface area contributed by atoms with Crippen molar-refractivity contribution in [3.63, 3.8) is 0 Å². The van der Waals surface area contributed by atoms with Crippen molar-refractivity contribution in [3.05, 3.63) is 46.2 Å². The third kappa shape index (κ3) is 3.87. The maximum atomic E-state index is 12.4. The van der Waals surface area contributed by atoms with Crippen molar-refractivity contribution in [1.82, 2.24) is 10.3 Å². The zero-order valence-electron chi connectivity index (χ0n) is 11.9. The highest BCUT2D eigenvalue weighted by atomic mass is 79.9. The van der Waals surface area contributed by atoms with Gasteiger partial charge in [0.05, 0.1) is 5.69 Å². The predicted octanol–water partition coefficient (Wildman–Crippen LogP) is 3.00. The number of aromatic amines is 1. The molecule has 0 bridgehead atoms. The second-order valence-electron chi connectivity index (χ2n) is 4.68. The highest BCUT2D eigenvalue weighted by Crippen LogP contribution is 2.28. The van der Waals surface area contributed by atoms with E-state index in [0.717, 1.165) is 22.3 Å². The first kappa shape index (κ1) is 16.1. The number of hydrogen-bond donors (Lipinski definition) is 3. The summed E-state index contributed by atoms with van der Waals surface area (Å²) in [6.45, 7) is 5.35. The van der Waals surface area contributed by atoms with Crippen LogP contribution in [0.1, 0.15) is 18.2 Å². The molecule has 1 heterocycles. The summed E-state index contributed by atoms with van der Waals surface area (Å²) in [6, 6.07) is 7.08. The first-order valence-corrected chi connectivity index (χ1v) is 8.87. The van der Waals surface area contributed by atoms with Crippen LogP contribution in [0.15, 0.2) is 39.8 Å². The molecule has 21 heavy (non-hydrogen) atoms. The molecular formula is C14H18BrN3O2S. The van der Waals surface area contributed by atoms with E-state index in [1.165, 1.54) is 6.20 Å². The highest BCUT2D eigenvalue weighted by Gasteiger charge is 2.17. The molecule has 1 aromatic carbocycles. The van der Waals surface area contributed by atoms with Gasteiger partial charge in [0.15, 0.2) is 0 Å². The number of aryl methyl sites for hydroxylation is 1. The van der Waals surface area contributed by atoms with Crippen LogP contribution in [0.2, 0.25) is 0 Å². The van der Waals surface area contributed by atoms with Gasteiger partial charge in [-0.05, 0) is 47.1 Å². The van der Waals surface area contributed by atoms with Crippen LogP contribution in [0.25, 0.3) is 0 Å². The fourth-order valence-corrected chi connectivity index (χ4v) is 3.45. The van der Waals surface area contributed by atoms with Crippen LogP contribution < -0.4 is 10.0 Å². The molecule has 7 heteroatoms. The summed E-state index contributed by atoms with van der Waals surface area (Å²) in [5.41, 5.74) is 2.34. The van der Waals surface area contributed by atoms with Crippen molar-refractivity contribution in [2.75, 3.05) is 11.3 Å². The molecule has 0 amide bonds. The van der Waals surface area contributed by atoms with Crippen LogP contribution >= 0.6 is 15.9 Å². The Labute approximate surface area is 133 Å². The molecule has 0 aliphatic heterocycles. The van der Waals surface area contributed by atoms with Crippen LogP contribution in [0.3, 0.4) is 0 Å². The summed E-state index contributed by atoms with van der Waals surface area (Å²) in [6.07, 6.45) is 1.50. The van der Waals surface area contributed by atoms with E-state index in [1.807, 2.05) is 26.0 Å². The predicted molar refractivity (Wildman–Crippen MR) is 87.9 cm³/mol. The molecule has 0 spiro atoms. The fourth-order valence-electron chi connectivity index (χ4n) is 1.87. The minimum absolute atomic E-state index is 0.226. The maximum absolute atomic E-state index is 12.4. The van der Waals surface area contributed by atoms with E-state index >= 15 is 0 Å². The van der Waals surface area contributed by atoms with Crippen molar-refractivity contribution in [3.8, 4) is 0 Å². The Morgan fingerprint density at radius 3 is 2.81 bits per heavy atom. The van der Waals surface area contributed by atoms with Crippen molar-refractivity contribution < 1.29 is 8.42 Å². The molecule has 1 aromatic heterocycles. The van der Waals surface area contributed by atoms with E-state index in [0.29, 0.717) is 12.2 Å². The lowest BCUT2D eigenvalue weighted by Crippen LogP contribution is -2.13. The van der Waals surface area contributed by atoms with E-state index in [9.17, 15) is 8.42 Å². The van der Waals surface area contributed by atoms with Crippen molar-refractivity contribution in [2.24, 2.45) is 0 Å². The van der Waals surface area contributed by atoms with Gasteiger partial charge in [-0.1, -0.05) is 19.1 Å². The van der Waals surface area contributed by atoms with Crippen LogP contribution in [0.5, 0.6) is 0 Å². The van der Waals surface area contributed by atoms with Gasteiger partial charge >= 0.3 is 0 Å². The van der Waals surface area contributed by atoms with Crippen LogP contribution in [0, 0.1) is 6.92 Å². The summed E-state index contributed by atoms with van der Waals surface area (Å²) in [5, 5.41) is 3.14. The topological polar surface area (TPSA) is 74.0 Å². The summed E-state index contributed by atoms with van der Waals surface area (Å²) >= 11 is 3.40. The van der Waals surface area contributed by atoms with E-state index in [1.54, 1.807) is 12.1 Å². The monoisotopic (exact) mass is 371 g/mol. The van der Waals surface area contributed by atoms with Gasteiger partial charge < -0.3 is 10.3 Å². The van der Waals surface area contributed by atoms with Crippen molar-refractivity contribution in [1.29, 1.82) is 0 Å². The average Bonchev–Trinajstić information content (AvgIpc) is 2.91. The van der Waals surface area contributed by atoms with Gasteiger partial charge in [0.25, 0.3) is 10.0 Å². The van der Waals surface area contributed by atoms with Crippen LogP contribution in [-0.4, -0.2) is 19.9 Å². The second-order valence-corrected chi connectivity index (χ2v) is 7.16. The lowest BCUT2D eigenvalue weighted by Gasteiger charge is -2.09. The van der Waals surface area contributed by atoms with Gasteiger partial charge in [-0.3, -0.25) is 4.72 Å². The molecule has 0 aliphatic carbocycles. The molecule has 0 fully saturated rings. The Morgan fingerprint density at radius 2 is 2.10 bits per heavy atom.